The second-order valence-electron chi connectivity index (χ2n) is 32.3. The summed E-state index contributed by atoms with van der Waals surface area (Å²) in [5, 5.41) is 65.1. The quantitative estimate of drug-likeness (QED) is 0.0331. The summed E-state index contributed by atoms with van der Waals surface area (Å²) in [6.07, 6.45) is 28.5. The normalized spacial score (nSPS) is 42.8. The Kier molecular flexibility index (Phi) is 19.0. The molecular formula is C72H100Cl2N10O12. The highest BCUT2D eigenvalue weighted by Gasteiger charge is 2.65. The van der Waals surface area contributed by atoms with Crippen molar-refractivity contribution < 1.29 is 59.2 Å². The number of aliphatic hydroxyl groups is 6. The number of rotatable bonds is 14. The lowest BCUT2D eigenvalue weighted by Crippen LogP contribution is -2.58. The van der Waals surface area contributed by atoms with Gasteiger partial charge >= 0.3 is 11.9 Å². The van der Waals surface area contributed by atoms with E-state index in [0.717, 1.165) is 103 Å². The van der Waals surface area contributed by atoms with Gasteiger partial charge in [-0.15, -0.1) is 12.8 Å². The zero-order chi connectivity index (χ0) is 68.3. The largest absolute Gasteiger partial charge is 0.461 e. The van der Waals surface area contributed by atoms with Crippen molar-refractivity contribution in [2.75, 3.05) is 24.7 Å². The lowest BCUT2D eigenvalue weighted by atomic mass is 9.43. The summed E-state index contributed by atoms with van der Waals surface area (Å²) in [5.41, 5.74) is 10.9. The van der Waals surface area contributed by atoms with Crippen molar-refractivity contribution in [2.45, 2.75) is 243 Å². The zero-order valence-corrected chi connectivity index (χ0v) is 58.0. The third-order valence-electron chi connectivity index (χ3n) is 27.9. The Labute approximate surface area is 572 Å². The summed E-state index contributed by atoms with van der Waals surface area (Å²) in [6.45, 7) is 13.5. The molecule has 10 fully saturated rings. The highest BCUT2D eigenvalue weighted by molar-refractivity contribution is 6.29. The van der Waals surface area contributed by atoms with E-state index < -0.39 is 42.5 Å². The summed E-state index contributed by atoms with van der Waals surface area (Å²) >= 11 is 12.1. The number of nitrogens with zero attached hydrogens (tertiary/aromatic N) is 8. The first-order chi connectivity index (χ1) is 45.6. The average molecular weight is 1370 g/mol. The summed E-state index contributed by atoms with van der Waals surface area (Å²) < 4.78 is 27.1. The van der Waals surface area contributed by atoms with Gasteiger partial charge in [-0.3, -0.25) is 18.7 Å². The average Bonchev–Trinajstić information content (AvgIpc) is 1.11. The molecule has 96 heavy (non-hydrogen) atoms. The molecule has 4 aromatic heterocycles. The van der Waals surface area contributed by atoms with Gasteiger partial charge in [-0.05, 0) is 231 Å². The Bertz CT molecular complexity index is 3650. The summed E-state index contributed by atoms with van der Waals surface area (Å²) in [7, 11) is 0. The predicted octanol–water partition coefficient (Wildman–Crippen LogP) is 9.33. The molecule has 0 spiro atoms. The topological polar surface area (TPSA) is 332 Å². The molecule has 26 atom stereocenters. The fourth-order valence-corrected chi connectivity index (χ4v) is 23.1. The molecule has 6 heterocycles. The fourth-order valence-electron chi connectivity index (χ4n) is 22.8. The number of terminal acetylenes is 2. The Morgan fingerprint density at radius 2 is 1.05 bits per heavy atom. The van der Waals surface area contributed by atoms with Crippen LogP contribution in [0.4, 0.5) is 11.6 Å². The highest BCUT2D eigenvalue weighted by atomic mass is 35.5. The van der Waals surface area contributed by atoms with Crippen LogP contribution in [-0.2, 0) is 28.5 Å². The molecule has 24 heteroatoms. The first-order valence-corrected chi connectivity index (χ1v) is 36.4. The molecule has 10 aliphatic rings. The van der Waals surface area contributed by atoms with E-state index in [1.807, 2.05) is 0 Å². The van der Waals surface area contributed by atoms with E-state index in [1.165, 1.54) is 12.7 Å². The molecule has 0 unspecified atom stereocenters. The van der Waals surface area contributed by atoms with Crippen LogP contribution in [0.1, 0.15) is 195 Å². The smallest absolute Gasteiger partial charge is 0.306 e. The van der Waals surface area contributed by atoms with Crippen LogP contribution in [0.15, 0.2) is 12.7 Å². The number of aliphatic hydroxyl groups excluding tert-OH is 6. The van der Waals surface area contributed by atoms with Gasteiger partial charge in [0.15, 0.2) is 34.1 Å². The molecule has 10 N–H and O–H groups in total. The van der Waals surface area contributed by atoms with Crippen LogP contribution < -0.4 is 11.5 Å². The molecule has 0 radical (unpaired) electrons. The number of ether oxygens (including phenoxy) is 4. The molecule has 4 aromatic rings. The highest BCUT2D eigenvalue weighted by Crippen LogP contribution is 2.70. The van der Waals surface area contributed by atoms with Gasteiger partial charge in [-0.25, -0.2) is 9.97 Å². The second kappa shape index (κ2) is 26.2. The van der Waals surface area contributed by atoms with Crippen LogP contribution >= 0.6 is 23.2 Å². The molecule has 0 amide bonds. The van der Waals surface area contributed by atoms with Crippen LogP contribution in [0.5, 0.6) is 0 Å². The number of imidazole rings is 2. The van der Waals surface area contributed by atoms with E-state index in [9.17, 15) is 40.2 Å². The van der Waals surface area contributed by atoms with Crippen LogP contribution in [0.2, 0.25) is 10.6 Å². The van der Waals surface area contributed by atoms with Crippen molar-refractivity contribution in [2.24, 2.45) is 92.7 Å². The Balaban J connectivity index is 0.000000174. The summed E-state index contributed by atoms with van der Waals surface area (Å²) in [4.78, 5) is 51.3. The molecular weight excluding hydrogens is 1270 g/mol. The Morgan fingerprint density at radius 1 is 0.615 bits per heavy atom. The first kappa shape index (κ1) is 69.5. The number of esters is 2. The molecule has 0 bridgehead atoms. The van der Waals surface area contributed by atoms with E-state index in [2.05, 4.69) is 83.3 Å². The number of aromatic nitrogens is 8. The van der Waals surface area contributed by atoms with Crippen LogP contribution in [0, 0.1) is 117 Å². The zero-order valence-electron chi connectivity index (χ0n) is 56.4. The minimum atomic E-state index is -1.53. The van der Waals surface area contributed by atoms with Gasteiger partial charge in [0.05, 0.1) is 43.7 Å². The fraction of sp³-hybridized carbons (Fsp3) is 0.778. The minimum absolute atomic E-state index is 0.0403. The van der Waals surface area contributed by atoms with E-state index in [-0.39, 0.29) is 113 Å². The molecule has 0 aromatic carbocycles. The monoisotopic (exact) mass is 1370 g/mol. The standard InChI is InChI=1S/2C36H50ClN5O6/c1-5-36(26(45)16-27(48-36)42-18-39-30-31(38)40-33(37)41-32(30)42)17-47-28(46)9-6-19(2)22-7-8-23-29-24(11-13-35(22,23)4)34(3)12-10-21(43)14-20(34)15-25(29)44;1-5-36(17-43)26(16-27(48-36)42-18-39-30-31(38)40-33(37)41-32(30)42)47-28(46)9-6-19(2)22-7-8-23-29-24(11-13-35(22,23)4)34(3)12-10-21(44)14-20(34)15-25(29)45/h2*1,18-27,29,43-45H,6-17H2,2-4H3,(H2,38,40,41)/t2*19-,20+,21-,22-,23+,24+,25+,26+,27-,29+,34+,35-,36-/m11/s1. The molecule has 8 aliphatic carbocycles. The number of nitrogen functional groups attached to an aromatic ring is 2. The molecule has 524 valence electrons. The third kappa shape index (κ3) is 11.8. The van der Waals surface area contributed by atoms with E-state index in [1.54, 1.807) is 9.13 Å². The number of hydrogen-bond donors (Lipinski definition) is 8. The van der Waals surface area contributed by atoms with Gasteiger partial charge in [0.2, 0.25) is 10.6 Å². The van der Waals surface area contributed by atoms with Gasteiger partial charge in [0.25, 0.3) is 0 Å². The predicted molar refractivity (Wildman–Crippen MR) is 358 cm³/mol. The third-order valence-corrected chi connectivity index (χ3v) is 28.3. The van der Waals surface area contributed by atoms with Crippen molar-refractivity contribution in [3.63, 3.8) is 0 Å². The molecule has 2 saturated heterocycles. The Hall–Kier alpha value is -4.98. The van der Waals surface area contributed by atoms with Crippen LogP contribution in [0.25, 0.3) is 22.3 Å². The van der Waals surface area contributed by atoms with Gasteiger partial charge < -0.3 is 61.1 Å². The maximum absolute atomic E-state index is 13.4. The van der Waals surface area contributed by atoms with Crippen molar-refractivity contribution in [3.8, 4) is 24.7 Å². The van der Waals surface area contributed by atoms with Crippen LogP contribution in [0.3, 0.4) is 0 Å². The number of fused-ring (bicyclic) bond motifs is 12. The number of carbonyl (C=O) groups excluding carboxylic acids is 2. The first-order valence-electron chi connectivity index (χ1n) is 35.6. The maximum atomic E-state index is 13.4. The molecule has 2 aliphatic heterocycles. The van der Waals surface area contributed by atoms with Crippen LogP contribution in [-0.4, -0.2) is 143 Å². The van der Waals surface area contributed by atoms with Crippen molar-refractivity contribution >= 4 is 69.1 Å². The van der Waals surface area contributed by atoms with Crippen molar-refractivity contribution in [3.05, 3.63) is 23.2 Å². The number of halogens is 2. The summed E-state index contributed by atoms with van der Waals surface area (Å²) in [6, 6.07) is 0. The minimum Gasteiger partial charge on any atom is -0.461 e. The van der Waals surface area contributed by atoms with Crippen molar-refractivity contribution in [1.29, 1.82) is 0 Å². The molecule has 22 nitrogen and oxygen atoms in total. The van der Waals surface area contributed by atoms with Crippen molar-refractivity contribution in [1.82, 2.24) is 39.0 Å². The second-order valence-corrected chi connectivity index (χ2v) is 33.0. The van der Waals surface area contributed by atoms with Gasteiger partial charge in [-0.2, -0.15) is 19.9 Å². The van der Waals surface area contributed by atoms with Gasteiger partial charge in [0.1, 0.15) is 42.3 Å². The number of hydrogen-bond acceptors (Lipinski definition) is 20. The Morgan fingerprint density at radius 3 is 1.52 bits per heavy atom. The maximum Gasteiger partial charge on any atom is 0.306 e. The van der Waals surface area contributed by atoms with E-state index in [0.29, 0.717) is 106 Å². The summed E-state index contributed by atoms with van der Waals surface area (Å²) in [5.74, 6) is 9.50. The van der Waals surface area contributed by atoms with E-state index in [4.69, 9.17) is 66.5 Å². The number of anilines is 2. The SMILES string of the molecule is C#C[C@]1(CO)O[C@@H](n2cnc3c(N)nc(Cl)nc32)C[C@@H]1OC(=O)CC[C@@H](C)[C@H]1CC[C@H]2[C@@H]3[C@@H](O)C[C@@H]4C[C@H](O)CC[C@]4(C)[C@H]3CC[C@]12C.C#C[C@]1(COC(=O)CC[C@@H](C)[C@H]2CC[C@H]3[C@@H]4[C@@H](O)C[C@@H]5C[C@H](O)CC[C@]5(C)[C@H]4CC[C@]23C)O[C@@H](n2cnc3c(N)nc(Cl)nc32)C[C@@H]1O. The molecule has 8 saturated carbocycles. The lowest BCUT2D eigenvalue weighted by molar-refractivity contribution is -0.174. The number of carbonyl (C=O) groups is 2. The number of nitrogens with two attached hydrogens (primary N) is 2. The van der Waals surface area contributed by atoms with Gasteiger partial charge in [-0.1, -0.05) is 53.4 Å². The lowest BCUT2D eigenvalue weighted by Gasteiger charge is -2.62. The van der Waals surface area contributed by atoms with Gasteiger partial charge in [0, 0.05) is 25.7 Å². The van der Waals surface area contributed by atoms with E-state index >= 15 is 0 Å². The molecule has 14 rings (SSSR count).